The summed E-state index contributed by atoms with van der Waals surface area (Å²) in [6, 6.07) is 21.1. The van der Waals surface area contributed by atoms with E-state index >= 15 is 0 Å². The topological polar surface area (TPSA) is 67.4 Å². The zero-order valence-electron chi connectivity index (χ0n) is 16.4. The highest BCUT2D eigenvalue weighted by atomic mass is 19.1. The SMILES string of the molecule is CCOc1ccc(NC(=O)C(=Cc2ccc(F)cc2)NC(=O)c2ccccc2)cc1. The molecule has 0 aliphatic rings. The Labute approximate surface area is 174 Å². The second-order valence-electron chi connectivity index (χ2n) is 6.34. The average Bonchev–Trinajstić information content (AvgIpc) is 2.77. The van der Waals surface area contributed by atoms with Crippen molar-refractivity contribution < 1.29 is 18.7 Å². The largest absolute Gasteiger partial charge is 0.494 e. The van der Waals surface area contributed by atoms with E-state index in [0.717, 1.165) is 0 Å². The van der Waals surface area contributed by atoms with Gasteiger partial charge in [0.15, 0.2) is 0 Å². The molecule has 0 radical (unpaired) electrons. The Hall–Kier alpha value is -3.93. The van der Waals surface area contributed by atoms with Crippen molar-refractivity contribution in [3.63, 3.8) is 0 Å². The van der Waals surface area contributed by atoms with Crippen molar-refractivity contribution in [2.45, 2.75) is 6.92 Å². The number of halogens is 1. The van der Waals surface area contributed by atoms with Gasteiger partial charge in [0, 0.05) is 11.3 Å². The normalized spacial score (nSPS) is 10.9. The van der Waals surface area contributed by atoms with Gasteiger partial charge in [-0.1, -0.05) is 30.3 Å². The molecule has 0 saturated heterocycles. The van der Waals surface area contributed by atoms with Gasteiger partial charge in [0.05, 0.1) is 6.61 Å². The van der Waals surface area contributed by atoms with E-state index in [-0.39, 0.29) is 11.5 Å². The standard InChI is InChI=1S/C24H21FN2O3/c1-2-30-21-14-12-20(13-15-21)26-24(29)22(16-17-8-10-19(25)11-9-17)27-23(28)18-6-4-3-5-7-18/h3-16H,2H2,1H3,(H,26,29)(H,27,28). The number of anilines is 1. The molecule has 2 amide bonds. The van der Waals surface area contributed by atoms with Crippen LogP contribution in [-0.4, -0.2) is 18.4 Å². The van der Waals surface area contributed by atoms with Gasteiger partial charge in [-0.05, 0) is 67.1 Å². The van der Waals surface area contributed by atoms with Gasteiger partial charge in [0.2, 0.25) is 0 Å². The lowest BCUT2D eigenvalue weighted by Crippen LogP contribution is -2.30. The molecule has 3 aromatic carbocycles. The van der Waals surface area contributed by atoms with Crippen LogP contribution in [0.1, 0.15) is 22.8 Å². The van der Waals surface area contributed by atoms with Gasteiger partial charge in [-0.15, -0.1) is 0 Å². The van der Waals surface area contributed by atoms with Gasteiger partial charge < -0.3 is 15.4 Å². The van der Waals surface area contributed by atoms with Crippen molar-refractivity contribution in [3.05, 3.63) is 102 Å². The third-order valence-electron chi connectivity index (χ3n) is 4.13. The molecule has 0 aliphatic carbocycles. The van der Waals surface area contributed by atoms with Crippen molar-refractivity contribution in [2.24, 2.45) is 0 Å². The fraction of sp³-hybridized carbons (Fsp3) is 0.0833. The summed E-state index contributed by atoms with van der Waals surface area (Å²) < 4.78 is 18.6. The van der Waals surface area contributed by atoms with Gasteiger partial charge in [0.25, 0.3) is 11.8 Å². The van der Waals surface area contributed by atoms with Crippen LogP contribution in [-0.2, 0) is 4.79 Å². The van der Waals surface area contributed by atoms with E-state index in [1.807, 2.05) is 6.92 Å². The zero-order chi connectivity index (χ0) is 21.3. The van der Waals surface area contributed by atoms with Crippen LogP contribution >= 0.6 is 0 Å². The Balaban J connectivity index is 1.83. The molecule has 0 unspecified atom stereocenters. The van der Waals surface area contributed by atoms with Crippen molar-refractivity contribution >= 4 is 23.6 Å². The summed E-state index contributed by atoms with van der Waals surface area (Å²) >= 11 is 0. The maximum absolute atomic E-state index is 13.2. The van der Waals surface area contributed by atoms with Gasteiger partial charge in [-0.25, -0.2) is 4.39 Å². The third-order valence-corrected chi connectivity index (χ3v) is 4.13. The summed E-state index contributed by atoms with van der Waals surface area (Å²) in [4.78, 5) is 25.4. The summed E-state index contributed by atoms with van der Waals surface area (Å²) in [5.74, 6) is -0.630. The number of carbonyl (C=O) groups is 2. The maximum Gasteiger partial charge on any atom is 0.272 e. The van der Waals surface area contributed by atoms with E-state index in [0.29, 0.717) is 29.2 Å². The number of benzene rings is 3. The Morgan fingerprint density at radius 3 is 2.23 bits per heavy atom. The van der Waals surface area contributed by atoms with Crippen molar-refractivity contribution in [2.75, 3.05) is 11.9 Å². The summed E-state index contributed by atoms with van der Waals surface area (Å²) in [7, 11) is 0. The molecule has 0 atom stereocenters. The average molecular weight is 404 g/mol. The van der Waals surface area contributed by atoms with Crippen LogP contribution in [0.25, 0.3) is 6.08 Å². The highest BCUT2D eigenvalue weighted by Crippen LogP contribution is 2.17. The number of amides is 2. The first-order valence-corrected chi connectivity index (χ1v) is 9.43. The van der Waals surface area contributed by atoms with E-state index in [1.54, 1.807) is 54.6 Å². The molecule has 0 aliphatic heterocycles. The van der Waals surface area contributed by atoms with E-state index in [9.17, 15) is 14.0 Å². The lowest BCUT2D eigenvalue weighted by atomic mass is 10.1. The summed E-state index contributed by atoms with van der Waals surface area (Å²) in [6.45, 7) is 2.43. The quantitative estimate of drug-likeness (QED) is 0.564. The number of hydrogen-bond donors (Lipinski definition) is 2. The third kappa shape index (κ3) is 5.78. The molecule has 3 aromatic rings. The Morgan fingerprint density at radius 2 is 1.60 bits per heavy atom. The van der Waals surface area contributed by atoms with Crippen LogP contribution in [0.3, 0.4) is 0 Å². The van der Waals surface area contributed by atoms with Crippen LogP contribution in [0.5, 0.6) is 5.75 Å². The molecule has 0 fully saturated rings. The molecule has 0 bridgehead atoms. The van der Waals surface area contributed by atoms with Gasteiger partial charge in [0.1, 0.15) is 17.3 Å². The number of carbonyl (C=O) groups excluding carboxylic acids is 2. The molecule has 0 aromatic heterocycles. The monoisotopic (exact) mass is 404 g/mol. The fourth-order valence-corrected chi connectivity index (χ4v) is 2.67. The second kappa shape index (κ2) is 10.0. The molecule has 6 heteroatoms. The Kier molecular flexibility index (Phi) is 6.95. The molecular formula is C24H21FN2O3. The molecule has 3 rings (SSSR count). The number of ether oxygens (including phenoxy) is 1. The first-order valence-electron chi connectivity index (χ1n) is 9.43. The second-order valence-corrected chi connectivity index (χ2v) is 6.34. The number of rotatable bonds is 7. The van der Waals surface area contributed by atoms with Gasteiger partial charge in [-0.3, -0.25) is 9.59 Å². The minimum atomic E-state index is -0.507. The summed E-state index contributed by atoms with van der Waals surface area (Å²) in [5.41, 5.74) is 1.56. The number of nitrogens with one attached hydrogen (secondary N) is 2. The van der Waals surface area contributed by atoms with Crippen LogP contribution in [0.15, 0.2) is 84.6 Å². The first-order chi connectivity index (χ1) is 14.5. The molecule has 30 heavy (non-hydrogen) atoms. The number of hydrogen-bond acceptors (Lipinski definition) is 3. The fourth-order valence-electron chi connectivity index (χ4n) is 2.67. The predicted molar refractivity (Wildman–Crippen MR) is 115 cm³/mol. The van der Waals surface area contributed by atoms with E-state index in [1.165, 1.54) is 30.3 Å². The smallest absolute Gasteiger partial charge is 0.272 e. The highest BCUT2D eigenvalue weighted by Gasteiger charge is 2.15. The van der Waals surface area contributed by atoms with E-state index < -0.39 is 11.8 Å². The zero-order valence-corrected chi connectivity index (χ0v) is 16.4. The molecular weight excluding hydrogens is 383 g/mol. The van der Waals surface area contributed by atoms with Crippen LogP contribution < -0.4 is 15.4 Å². The molecule has 0 saturated carbocycles. The van der Waals surface area contributed by atoms with E-state index in [4.69, 9.17) is 4.74 Å². The highest BCUT2D eigenvalue weighted by molar-refractivity contribution is 6.10. The predicted octanol–water partition coefficient (Wildman–Crippen LogP) is 4.63. The lowest BCUT2D eigenvalue weighted by molar-refractivity contribution is -0.113. The van der Waals surface area contributed by atoms with Crippen molar-refractivity contribution in [1.29, 1.82) is 0 Å². The Bertz CT molecular complexity index is 1030. The van der Waals surface area contributed by atoms with Crippen LogP contribution in [0, 0.1) is 5.82 Å². The van der Waals surface area contributed by atoms with E-state index in [2.05, 4.69) is 10.6 Å². The minimum Gasteiger partial charge on any atom is -0.494 e. The molecule has 5 nitrogen and oxygen atoms in total. The summed E-state index contributed by atoms with van der Waals surface area (Å²) in [5, 5.41) is 5.39. The first kappa shape index (κ1) is 20.8. The van der Waals surface area contributed by atoms with Crippen LogP contribution in [0.4, 0.5) is 10.1 Å². The molecule has 2 N–H and O–H groups in total. The summed E-state index contributed by atoms with van der Waals surface area (Å²) in [6.07, 6.45) is 1.49. The van der Waals surface area contributed by atoms with Gasteiger partial charge >= 0.3 is 0 Å². The minimum absolute atomic E-state index is 0.0318. The molecule has 0 heterocycles. The van der Waals surface area contributed by atoms with Gasteiger partial charge in [-0.2, -0.15) is 0 Å². The molecule has 152 valence electrons. The molecule has 0 spiro atoms. The van der Waals surface area contributed by atoms with Crippen LogP contribution in [0.2, 0.25) is 0 Å². The lowest BCUT2D eigenvalue weighted by Gasteiger charge is -2.12. The Morgan fingerprint density at radius 1 is 0.933 bits per heavy atom. The maximum atomic E-state index is 13.2. The van der Waals surface area contributed by atoms with Crippen molar-refractivity contribution in [1.82, 2.24) is 5.32 Å². The van der Waals surface area contributed by atoms with Crippen molar-refractivity contribution in [3.8, 4) is 5.75 Å².